The largest absolute Gasteiger partial charge is 0.381 e. The summed E-state index contributed by atoms with van der Waals surface area (Å²) in [4.78, 5) is 36.2. The van der Waals surface area contributed by atoms with Crippen molar-refractivity contribution in [3.63, 3.8) is 0 Å². The molecule has 2 N–H and O–H groups in total. The van der Waals surface area contributed by atoms with Gasteiger partial charge in [0.05, 0.1) is 10.8 Å². The van der Waals surface area contributed by atoms with Crippen molar-refractivity contribution < 1.29 is 9.53 Å². The van der Waals surface area contributed by atoms with E-state index in [0.29, 0.717) is 42.9 Å². The van der Waals surface area contributed by atoms with E-state index in [1.807, 2.05) is 0 Å². The van der Waals surface area contributed by atoms with Gasteiger partial charge in [0.15, 0.2) is 0 Å². The molecule has 0 atom stereocenters. The van der Waals surface area contributed by atoms with Crippen LogP contribution in [0.15, 0.2) is 33.9 Å². The number of carbonyl (C=O) groups excluding carboxylic acids is 1. The van der Waals surface area contributed by atoms with Gasteiger partial charge in [-0.1, -0.05) is 26.0 Å². The summed E-state index contributed by atoms with van der Waals surface area (Å²) in [5.74, 6) is 0.156. The lowest BCUT2D eigenvalue weighted by atomic mass is 10.2. The maximum absolute atomic E-state index is 12.3. The Kier molecular flexibility index (Phi) is 6.31. The quantitative estimate of drug-likeness (QED) is 0.701. The highest BCUT2D eigenvalue weighted by Gasteiger charge is 2.09. The van der Waals surface area contributed by atoms with Crippen LogP contribution in [-0.4, -0.2) is 35.4 Å². The molecular formula is C17H23N3O4. The number of aromatic amines is 1. The highest BCUT2D eigenvalue weighted by Crippen LogP contribution is 2.02. The Morgan fingerprint density at radius 3 is 2.67 bits per heavy atom. The zero-order valence-corrected chi connectivity index (χ0v) is 14.0. The van der Waals surface area contributed by atoms with E-state index in [-0.39, 0.29) is 23.6 Å². The number of rotatable bonds is 8. The molecule has 1 aromatic heterocycles. The van der Waals surface area contributed by atoms with Crippen molar-refractivity contribution in [3.05, 3.63) is 45.0 Å². The Hall–Kier alpha value is -2.41. The Balaban J connectivity index is 1.91. The van der Waals surface area contributed by atoms with Gasteiger partial charge < -0.3 is 10.1 Å². The molecule has 0 aliphatic rings. The summed E-state index contributed by atoms with van der Waals surface area (Å²) in [5.41, 5.74) is -0.777. The van der Waals surface area contributed by atoms with Crippen LogP contribution in [0, 0.1) is 5.92 Å². The van der Waals surface area contributed by atoms with E-state index in [9.17, 15) is 14.4 Å². The molecule has 0 aliphatic heterocycles. The first-order valence-electron chi connectivity index (χ1n) is 8.05. The molecule has 24 heavy (non-hydrogen) atoms. The number of nitrogens with one attached hydrogen (secondary N) is 2. The number of hydrogen-bond acceptors (Lipinski definition) is 4. The topological polar surface area (TPSA) is 93.2 Å². The second-order valence-electron chi connectivity index (χ2n) is 6.05. The molecule has 1 aromatic carbocycles. The number of hydrogen-bond donors (Lipinski definition) is 2. The fourth-order valence-electron chi connectivity index (χ4n) is 2.28. The monoisotopic (exact) mass is 333 g/mol. The molecule has 0 aliphatic carbocycles. The molecule has 0 saturated heterocycles. The summed E-state index contributed by atoms with van der Waals surface area (Å²) in [7, 11) is 0. The van der Waals surface area contributed by atoms with Crippen molar-refractivity contribution in [2.45, 2.75) is 26.8 Å². The summed E-state index contributed by atoms with van der Waals surface area (Å²) in [5, 5.41) is 5.77. The van der Waals surface area contributed by atoms with Gasteiger partial charge in [0.25, 0.3) is 11.1 Å². The highest BCUT2D eigenvalue weighted by atomic mass is 16.5. The second-order valence-corrected chi connectivity index (χ2v) is 6.05. The Labute approximate surface area is 139 Å². The van der Waals surface area contributed by atoms with Crippen molar-refractivity contribution >= 4 is 16.7 Å². The van der Waals surface area contributed by atoms with Crippen LogP contribution in [-0.2, 0) is 16.1 Å². The number of fused-ring (bicyclic) bond motifs is 1. The molecule has 0 saturated carbocycles. The third-order valence-electron chi connectivity index (χ3n) is 3.42. The highest BCUT2D eigenvalue weighted by molar-refractivity contribution is 5.81. The molecule has 130 valence electrons. The number of amides is 1. The summed E-state index contributed by atoms with van der Waals surface area (Å²) >= 11 is 0. The van der Waals surface area contributed by atoms with E-state index in [4.69, 9.17) is 4.74 Å². The molecule has 7 heteroatoms. The molecule has 0 fully saturated rings. The van der Waals surface area contributed by atoms with Gasteiger partial charge in [-0.2, -0.15) is 0 Å². The molecule has 7 nitrogen and oxygen atoms in total. The van der Waals surface area contributed by atoms with Gasteiger partial charge in [-0.3, -0.25) is 19.5 Å². The van der Waals surface area contributed by atoms with E-state index < -0.39 is 0 Å². The van der Waals surface area contributed by atoms with Gasteiger partial charge in [-0.05, 0) is 24.5 Å². The molecule has 1 amide bonds. The maximum Gasteiger partial charge on any atom is 0.273 e. The standard InChI is InChI=1S/C17H23N3O4/c1-12(2)11-24-9-5-8-18-15(21)10-20-17(23)14-7-4-3-6-13(14)16(22)19-20/h3-4,6-7,12H,5,8-11H2,1-2H3,(H,18,21)(H,19,22). The van der Waals surface area contributed by atoms with Gasteiger partial charge in [0.1, 0.15) is 6.54 Å². The molecule has 2 aromatic rings. The smallest absolute Gasteiger partial charge is 0.273 e. The van der Waals surface area contributed by atoms with Crippen molar-refractivity contribution in [3.8, 4) is 0 Å². The number of H-pyrrole nitrogens is 1. The first kappa shape index (κ1) is 17.9. The van der Waals surface area contributed by atoms with Gasteiger partial charge in [0.2, 0.25) is 5.91 Å². The minimum absolute atomic E-state index is 0.217. The predicted octanol–water partition coefficient (Wildman–Crippen LogP) is 0.869. The molecule has 0 spiro atoms. The van der Waals surface area contributed by atoms with E-state index in [2.05, 4.69) is 24.3 Å². The van der Waals surface area contributed by atoms with Crippen LogP contribution in [0.5, 0.6) is 0 Å². The van der Waals surface area contributed by atoms with Gasteiger partial charge >= 0.3 is 0 Å². The van der Waals surface area contributed by atoms with Crippen LogP contribution in [0.4, 0.5) is 0 Å². The minimum atomic E-state index is -0.389. The molecule has 0 bridgehead atoms. The number of ether oxygens (including phenoxy) is 1. The van der Waals surface area contributed by atoms with Crippen molar-refractivity contribution in [1.82, 2.24) is 15.1 Å². The lowest BCUT2D eigenvalue weighted by molar-refractivity contribution is -0.121. The second kappa shape index (κ2) is 8.44. The van der Waals surface area contributed by atoms with Gasteiger partial charge in [0, 0.05) is 19.8 Å². The van der Waals surface area contributed by atoms with Crippen LogP contribution < -0.4 is 16.4 Å². The van der Waals surface area contributed by atoms with Crippen molar-refractivity contribution in [1.29, 1.82) is 0 Å². The minimum Gasteiger partial charge on any atom is -0.381 e. The molecule has 1 heterocycles. The number of carbonyl (C=O) groups is 1. The SMILES string of the molecule is CC(C)COCCCNC(=O)Cn1[nH]c(=O)c2ccccc2c1=O. The maximum atomic E-state index is 12.3. The van der Waals surface area contributed by atoms with E-state index in [1.54, 1.807) is 24.3 Å². The van der Waals surface area contributed by atoms with Crippen LogP contribution in [0.3, 0.4) is 0 Å². The van der Waals surface area contributed by atoms with Crippen LogP contribution in [0.2, 0.25) is 0 Å². The lowest BCUT2D eigenvalue weighted by Crippen LogP contribution is -2.37. The number of benzene rings is 1. The first-order chi connectivity index (χ1) is 11.5. The van der Waals surface area contributed by atoms with E-state index in [1.165, 1.54) is 0 Å². The number of nitrogens with zero attached hydrogens (tertiary/aromatic N) is 1. The van der Waals surface area contributed by atoms with E-state index in [0.717, 1.165) is 4.68 Å². The first-order valence-corrected chi connectivity index (χ1v) is 8.05. The third kappa shape index (κ3) is 4.79. The summed E-state index contributed by atoms with van der Waals surface area (Å²) in [6, 6.07) is 6.53. The Morgan fingerprint density at radius 1 is 1.25 bits per heavy atom. The average molecular weight is 333 g/mol. The molecule has 0 radical (unpaired) electrons. The van der Waals surface area contributed by atoms with Crippen LogP contribution in [0.25, 0.3) is 10.8 Å². The van der Waals surface area contributed by atoms with Gasteiger partial charge in [-0.15, -0.1) is 0 Å². The number of aromatic nitrogens is 2. The Morgan fingerprint density at radius 2 is 1.96 bits per heavy atom. The fraction of sp³-hybridized carbons (Fsp3) is 0.471. The normalized spacial score (nSPS) is 11.1. The fourth-order valence-corrected chi connectivity index (χ4v) is 2.28. The van der Waals surface area contributed by atoms with Crippen LogP contribution >= 0.6 is 0 Å². The predicted molar refractivity (Wildman–Crippen MR) is 92.1 cm³/mol. The van der Waals surface area contributed by atoms with Gasteiger partial charge in [-0.25, -0.2) is 4.68 Å². The lowest BCUT2D eigenvalue weighted by Gasteiger charge is -2.09. The zero-order chi connectivity index (χ0) is 17.5. The summed E-state index contributed by atoms with van der Waals surface area (Å²) < 4.78 is 6.46. The summed E-state index contributed by atoms with van der Waals surface area (Å²) in [6.45, 7) is 5.66. The molecule has 0 unspecified atom stereocenters. The summed E-state index contributed by atoms with van der Waals surface area (Å²) in [6.07, 6.45) is 0.696. The van der Waals surface area contributed by atoms with Crippen molar-refractivity contribution in [2.24, 2.45) is 5.92 Å². The molecule has 2 rings (SSSR count). The van der Waals surface area contributed by atoms with Crippen molar-refractivity contribution in [2.75, 3.05) is 19.8 Å². The average Bonchev–Trinajstić information content (AvgIpc) is 2.55. The van der Waals surface area contributed by atoms with Crippen LogP contribution in [0.1, 0.15) is 20.3 Å². The third-order valence-corrected chi connectivity index (χ3v) is 3.42. The zero-order valence-electron chi connectivity index (χ0n) is 14.0. The molecular weight excluding hydrogens is 310 g/mol. The van der Waals surface area contributed by atoms with E-state index >= 15 is 0 Å². The Bertz CT molecular complexity index is 807.